The van der Waals surface area contributed by atoms with Gasteiger partial charge in [0.15, 0.2) is 0 Å². The van der Waals surface area contributed by atoms with Gasteiger partial charge in [-0.3, -0.25) is 0 Å². The van der Waals surface area contributed by atoms with E-state index in [0.717, 1.165) is 22.5 Å². The molecule has 2 aromatic heterocycles. The highest BCUT2D eigenvalue weighted by molar-refractivity contribution is 5.57. The van der Waals surface area contributed by atoms with Gasteiger partial charge in [0, 0.05) is 24.4 Å². The summed E-state index contributed by atoms with van der Waals surface area (Å²) in [6.45, 7) is 9.00. The molecule has 1 atom stereocenters. The molecule has 0 amide bonds. The molecule has 0 bridgehead atoms. The summed E-state index contributed by atoms with van der Waals surface area (Å²) in [5, 5.41) is 18.9. The van der Waals surface area contributed by atoms with Crippen LogP contribution in [0, 0.1) is 11.3 Å². The Labute approximate surface area is 170 Å². The summed E-state index contributed by atoms with van der Waals surface area (Å²) >= 11 is 0. The zero-order chi connectivity index (χ0) is 20.8. The van der Waals surface area contributed by atoms with Gasteiger partial charge in [0.05, 0.1) is 22.9 Å². The van der Waals surface area contributed by atoms with Crippen molar-refractivity contribution in [3.8, 4) is 17.6 Å². The minimum atomic E-state index is -0.329. The van der Waals surface area contributed by atoms with Crippen molar-refractivity contribution in [1.29, 1.82) is 5.26 Å². The van der Waals surface area contributed by atoms with Crippen molar-refractivity contribution in [2.45, 2.75) is 45.6 Å². The molecule has 0 aliphatic carbocycles. The molecule has 0 spiro atoms. The van der Waals surface area contributed by atoms with Crippen LogP contribution >= 0.6 is 0 Å². The van der Waals surface area contributed by atoms with E-state index in [2.05, 4.69) is 31.9 Å². The normalized spacial score (nSPS) is 16.3. The topological polar surface area (TPSA) is 94.7 Å². The molecule has 148 valence electrons. The molecular weight excluding hydrogens is 364 g/mol. The Morgan fingerprint density at radius 3 is 2.52 bits per heavy atom. The minimum absolute atomic E-state index is 0.135. The number of benzene rings is 1. The fourth-order valence-electron chi connectivity index (χ4n) is 3.74. The molecule has 0 saturated carbocycles. The molecule has 1 aliphatic heterocycles. The van der Waals surface area contributed by atoms with E-state index >= 15 is 0 Å². The molecule has 29 heavy (non-hydrogen) atoms. The van der Waals surface area contributed by atoms with Gasteiger partial charge in [-0.2, -0.15) is 15.5 Å². The fraction of sp³-hybridized carbons (Fsp3) is 0.318. The standard InChI is InChI=1S/C22H24N6O/c1-5-27-21-18(19(26-27)22(2,3)4)17(16(13-23)20(24)29-21)14-7-9-15(10-8-14)28-12-6-11-25-28/h6-12,17H,5,24H2,1-4H3. The molecule has 3 aromatic rings. The molecule has 1 aromatic carbocycles. The third-order valence-electron chi connectivity index (χ3n) is 5.12. The van der Waals surface area contributed by atoms with Gasteiger partial charge in [0.1, 0.15) is 11.6 Å². The van der Waals surface area contributed by atoms with Crippen LogP contribution in [-0.4, -0.2) is 19.6 Å². The van der Waals surface area contributed by atoms with Crippen LogP contribution in [0.1, 0.15) is 50.4 Å². The molecule has 4 rings (SSSR count). The summed E-state index contributed by atoms with van der Waals surface area (Å²) in [5.41, 5.74) is 10.1. The first-order valence-corrected chi connectivity index (χ1v) is 9.64. The maximum atomic E-state index is 9.87. The summed E-state index contributed by atoms with van der Waals surface area (Å²) in [6.07, 6.45) is 3.63. The molecule has 0 fully saturated rings. The summed E-state index contributed by atoms with van der Waals surface area (Å²) in [7, 11) is 0. The molecule has 0 saturated heterocycles. The predicted molar refractivity (Wildman–Crippen MR) is 109 cm³/mol. The zero-order valence-corrected chi connectivity index (χ0v) is 17.0. The summed E-state index contributed by atoms with van der Waals surface area (Å²) in [5.74, 6) is 0.427. The van der Waals surface area contributed by atoms with Crippen LogP contribution in [0.2, 0.25) is 0 Å². The van der Waals surface area contributed by atoms with Crippen LogP contribution in [0.15, 0.2) is 54.2 Å². The first kappa shape index (κ1) is 18.8. The molecular formula is C22H24N6O. The summed E-state index contributed by atoms with van der Waals surface area (Å²) in [4.78, 5) is 0. The zero-order valence-electron chi connectivity index (χ0n) is 17.0. The highest BCUT2D eigenvalue weighted by atomic mass is 16.5. The second kappa shape index (κ2) is 6.82. The predicted octanol–water partition coefficient (Wildman–Crippen LogP) is 3.60. The number of ether oxygens (including phenoxy) is 1. The van der Waals surface area contributed by atoms with Crippen LogP contribution < -0.4 is 10.5 Å². The minimum Gasteiger partial charge on any atom is -0.422 e. The first-order valence-electron chi connectivity index (χ1n) is 9.64. The van der Waals surface area contributed by atoms with Crippen molar-refractivity contribution < 1.29 is 4.74 Å². The molecule has 7 nitrogen and oxygen atoms in total. The Hall–Kier alpha value is -3.53. The largest absolute Gasteiger partial charge is 0.422 e. The average molecular weight is 388 g/mol. The number of aromatic nitrogens is 4. The van der Waals surface area contributed by atoms with E-state index in [1.165, 1.54) is 0 Å². The number of nitrogens with two attached hydrogens (primary N) is 1. The van der Waals surface area contributed by atoms with Gasteiger partial charge in [0.25, 0.3) is 0 Å². The number of nitriles is 1. The highest BCUT2D eigenvalue weighted by Crippen LogP contribution is 2.46. The van der Waals surface area contributed by atoms with Crippen LogP contribution in [0.4, 0.5) is 0 Å². The molecule has 1 aliphatic rings. The van der Waals surface area contributed by atoms with Gasteiger partial charge in [-0.05, 0) is 30.7 Å². The molecule has 0 radical (unpaired) electrons. The van der Waals surface area contributed by atoms with Crippen LogP contribution in [-0.2, 0) is 12.0 Å². The van der Waals surface area contributed by atoms with Gasteiger partial charge in [0.2, 0.25) is 11.8 Å². The maximum Gasteiger partial charge on any atom is 0.224 e. The van der Waals surface area contributed by atoms with E-state index in [9.17, 15) is 5.26 Å². The van der Waals surface area contributed by atoms with Crippen LogP contribution in [0.25, 0.3) is 5.69 Å². The maximum absolute atomic E-state index is 9.87. The van der Waals surface area contributed by atoms with Gasteiger partial charge in [-0.15, -0.1) is 0 Å². The quantitative estimate of drug-likeness (QED) is 0.740. The smallest absolute Gasteiger partial charge is 0.224 e. The van der Waals surface area contributed by atoms with Gasteiger partial charge < -0.3 is 10.5 Å². The van der Waals surface area contributed by atoms with E-state index in [4.69, 9.17) is 15.6 Å². The first-order chi connectivity index (χ1) is 13.8. The fourth-order valence-corrected chi connectivity index (χ4v) is 3.74. The van der Waals surface area contributed by atoms with Crippen molar-refractivity contribution in [3.05, 3.63) is 71.0 Å². The lowest BCUT2D eigenvalue weighted by atomic mass is 9.79. The van der Waals surface area contributed by atoms with Crippen LogP contribution in [0.5, 0.6) is 5.88 Å². The second-order valence-electron chi connectivity index (χ2n) is 8.10. The van der Waals surface area contributed by atoms with E-state index in [0.29, 0.717) is 18.0 Å². The molecule has 1 unspecified atom stereocenters. The van der Waals surface area contributed by atoms with Crippen molar-refractivity contribution >= 4 is 0 Å². The lowest BCUT2D eigenvalue weighted by Gasteiger charge is -2.27. The summed E-state index contributed by atoms with van der Waals surface area (Å²) in [6, 6.07) is 12.1. The van der Waals surface area contributed by atoms with Gasteiger partial charge in [-0.1, -0.05) is 32.9 Å². The molecule has 7 heteroatoms. The SMILES string of the molecule is CCn1nc(C(C)(C)C)c2c1OC(N)=C(C#N)C2c1ccc(-n2cccn2)cc1. The van der Waals surface area contributed by atoms with Gasteiger partial charge in [-0.25, -0.2) is 9.36 Å². The number of rotatable bonds is 3. The summed E-state index contributed by atoms with van der Waals surface area (Å²) < 4.78 is 9.51. The number of aryl methyl sites for hydroxylation is 1. The van der Waals surface area contributed by atoms with Crippen molar-refractivity contribution in [2.24, 2.45) is 5.73 Å². The second-order valence-corrected chi connectivity index (χ2v) is 8.10. The van der Waals surface area contributed by atoms with Crippen molar-refractivity contribution in [1.82, 2.24) is 19.6 Å². The molecule has 2 N–H and O–H groups in total. The average Bonchev–Trinajstić information content (AvgIpc) is 3.34. The number of hydrogen-bond donors (Lipinski definition) is 1. The highest BCUT2D eigenvalue weighted by Gasteiger charge is 2.39. The Bertz CT molecular complexity index is 1110. The monoisotopic (exact) mass is 388 g/mol. The number of fused-ring (bicyclic) bond motifs is 1. The third kappa shape index (κ3) is 3.07. The number of hydrogen-bond acceptors (Lipinski definition) is 5. The van der Waals surface area contributed by atoms with E-state index < -0.39 is 0 Å². The van der Waals surface area contributed by atoms with E-state index in [1.54, 1.807) is 10.9 Å². The third-order valence-corrected chi connectivity index (χ3v) is 5.12. The number of nitrogens with zero attached hydrogens (tertiary/aromatic N) is 5. The molecule has 3 heterocycles. The van der Waals surface area contributed by atoms with E-state index in [1.807, 2.05) is 48.1 Å². The lowest BCUT2D eigenvalue weighted by molar-refractivity contribution is 0.350. The number of allylic oxidation sites excluding steroid dienone is 1. The van der Waals surface area contributed by atoms with Crippen molar-refractivity contribution in [3.63, 3.8) is 0 Å². The lowest BCUT2D eigenvalue weighted by Crippen LogP contribution is -2.24. The van der Waals surface area contributed by atoms with Crippen molar-refractivity contribution in [2.75, 3.05) is 0 Å². The Morgan fingerprint density at radius 1 is 1.24 bits per heavy atom. The van der Waals surface area contributed by atoms with Gasteiger partial charge >= 0.3 is 0 Å². The Kier molecular flexibility index (Phi) is 4.42. The Balaban J connectivity index is 1.91. The van der Waals surface area contributed by atoms with Crippen LogP contribution in [0.3, 0.4) is 0 Å². The van der Waals surface area contributed by atoms with E-state index in [-0.39, 0.29) is 17.2 Å². The Morgan fingerprint density at radius 2 is 1.97 bits per heavy atom.